The average molecular weight is 292 g/mol. The molecule has 0 aromatic heterocycles. The molecule has 0 aliphatic carbocycles. The molecular weight excluding hydrogens is 268 g/mol. The van der Waals surface area contributed by atoms with E-state index in [9.17, 15) is 14.7 Å². The van der Waals surface area contributed by atoms with Gasteiger partial charge >= 0.3 is 12.1 Å². The highest BCUT2D eigenvalue weighted by molar-refractivity contribution is 5.78. The van der Waals surface area contributed by atoms with Crippen LogP contribution in [-0.2, 0) is 23.7 Å². The molecule has 0 fully saturated rings. The highest BCUT2D eigenvalue weighted by atomic mass is 16.7. The predicted octanol–water partition coefficient (Wildman–Crippen LogP) is 1.27. The quantitative estimate of drug-likeness (QED) is 0.673. The Morgan fingerprint density at radius 3 is 2.35 bits per heavy atom. The van der Waals surface area contributed by atoms with E-state index in [2.05, 4.69) is 4.74 Å². The highest BCUT2D eigenvalue weighted by Gasteiger charge is 2.31. The van der Waals surface area contributed by atoms with Gasteiger partial charge in [0.25, 0.3) is 0 Å². The molecule has 0 aromatic rings. The SMILES string of the molecule is CCC(O)COC(=O)C(C)(C)OCC(C)OC(=O)OC. The molecule has 0 saturated heterocycles. The number of hydrogen-bond acceptors (Lipinski definition) is 7. The van der Waals surface area contributed by atoms with Gasteiger partial charge in [-0.15, -0.1) is 0 Å². The van der Waals surface area contributed by atoms with Crippen LogP contribution in [0.5, 0.6) is 0 Å². The predicted molar refractivity (Wildman–Crippen MR) is 70.2 cm³/mol. The maximum atomic E-state index is 11.8. The van der Waals surface area contributed by atoms with Crippen LogP contribution in [0.25, 0.3) is 0 Å². The summed E-state index contributed by atoms with van der Waals surface area (Å²) in [6, 6.07) is 0. The Balaban J connectivity index is 4.16. The smallest absolute Gasteiger partial charge is 0.461 e. The van der Waals surface area contributed by atoms with Crippen molar-refractivity contribution < 1.29 is 33.6 Å². The van der Waals surface area contributed by atoms with Crippen LogP contribution in [0, 0.1) is 0 Å². The molecule has 0 aromatic carbocycles. The Labute approximate surface area is 119 Å². The van der Waals surface area contributed by atoms with Crippen LogP contribution in [0.15, 0.2) is 0 Å². The molecule has 0 aliphatic rings. The molecule has 118 valence electrons. The first-order valence-corrected chi connectivity index (χ1v) is 6.46. The Morgan fingerprint density at radius 2 is 1.85 bits per heavy atom. The van der Waals surface area contributed by atoms with Crippen LogP contribution in [0.4, 0.5) is 4.79 Å². The van der Waals surface area contributed by atoms with Crippen LogP contribution >= 0.6 is 0 Å². The Morgan fingerprint density at radius 1 is 1.25 bits per heavy atom. The minimum Gasteiger partial charge on any atom is -0.461 e. The summed E-state index contributed by atoms with van der Waals surface area (Å²) in [7, 11) is 1.20. The summed E-state index contributed by atoms with van der Waals surface area (Å²) in [4.78, 5) is 22.7. The molecule has 0 saturated carbocycles. The molecule has 0 bridgehead atoms. The Hall–Kier alpha value is -1.34. The summed E-state index contributed by atoms with van der Waals surface area (Å²) in [6.07, 6.45) is -1.56. The lowest BCUT2D eigenvalue weighted by Gasteiger charge is -2.25. The fourth-order valence-electron chi connectivity index (χ4n) is 1.09. The zero-order chi connectivity index (χ0) is 15.8. The molecule has 0 amide bonds. The monoisotopic (exact) mass is 292 g/mol. The lowest BCUT2D eigenvalue weighted by molar-refractivity contribution is -0.173. The van der Waals surface area contributed by atoms with E-state index < -0.39 is 29.9 Å². The molecule has 1 N–H and O–H groups in total. The molecular formula is C13H24O7. The van der Waals surface area contributed by atoms with Crippen LogP contribution in [0.2, 0.25) is 0 Å². The van der Waals surface area contributed by atoms with E-state index in [-0.39, 0.29) is 13.2 Å². The Bertz CT molecular complexity index is 314. The zero-order valence-electron chi connectivity index (χ0n) is 12.7. The summed E-state index contributed by atoms with van der Waals surface area (Å²) in [5.74, 6) is -0.588. The van der Waals surface area contributed by atoms with E-state index in [4.69, 9.17) is 14.2 Å². The number of esters is 1. The minimum atomic E-state index is -1.19. The summed E-state index contributed by atoms with van der Waals surface area (Å²) in [5, 5.41) is 9.33. The number of carbonyl (C=O) groups is 2. The third-order valence-corrected chi connectivity index (χ3v) is 2.51. The van der Waals surface area contributed by atoms with Crippen molar-refractivity contribution in [3.05, 3.63) is 0 Å². The number of ether oxygens (including phenoxy) is 4. The number of hydrogen-bond donors (Lipinski definition) is 1. The second kappa shape index (κ2) is 8.76. The molecule has 0 heterocycles. The maximum Gasteiger partial charge on any atom is 0.508 e. The largest absolute Gasteiger partial charge is 0.508 e. The number of methoxy groups -OCH3 is 1. The van der Waals surface area contributed by atoms with Crippen LogP contribution in [0.3, 0.4) is 0 Å². The highest BCUT2D eigenvalue weighted by Crippen LogP contribution is 2.13. The fraction of sp³-hybridized carbons (Fsp3) is 0.846. The van der Waals surface area contributed by atoms with Crippen molar-refractivity contribution in [1.82, 2.24) is 0 Å². The fourth-order valence-corrected chi connectivity index (χ4v) is 1.09. The van der Waals surface area contributed by atoms with Crippen LogP contribution in [0.1, 0.15) is 34.1 Å². The van der Waals surface area contributed by atoms with E-state index in [0.717, 1.165) is 0 Å². The van der Waals surface area contributed by atoms with Gasteiger partial charge in [0.15, 0.2) is 5.60 Å². The van der Waals surface area contributed by atoms with Crippen molar-refractivity contribution in [1.29, 1.82) is 0 Å². The minimum absolute atomic E-state index is 0.0214. The van der Waals surface area contributed by atoms with Gasteiger partial charge < -0.3 is 24.1 Å². The van der Waals surface area contributed by atoms with E-state index in [1.807, 2.05) is 0 Å². The van der Waals surface area contributed by atoms with Crippen molar-refractivity contribution in [2.75, 3.05) is 20.3 Å². The first-order chi connectivity index (χ1) is 9.22. The summed E-state index contributed by atoms with van der Waals surface area (Å²) >= 11 is 0. The third-order valence-electron chi connectivity index (χ3n) is 2.51. The maximum absolute atomic E-state index is 11.8. The number of rotatable bonds is 8. The summed E-state index contributed by atoms with van der Waals surface area (Å²) in [6.45, 7) is 6.42. The van der Waals surface area contributed by atoms with Gasteiger partial charge in [0, 0.05) is 0 Å². The first-order valence-electron chi connectivity index (χ1n) is 6.46. The topological polar surface area (TPSA) is 91.3 Å². The molecule has 0 spiro atoms. The van der Waals surface area contributed by atoms with Gasteiger partial charge in [0.1, 0.15) is 12.7 Å². The molecule has 7 heteroatoms. The van der Waals surface area contributed by atoms with E-state index in [1.165, 1.54) is 7.11 Å². The van der Waals surface area contributed by atoms with Gasteiger partial charge in [0.2, 0.25) is 0 Å². The molecule has 7 nitrogen and oxygen atoms in total. The molecule has 2 atom stereocenters. The van der Waals surface area contributed by atoms with Gasteiger partial charge in [-0.05, 0) is 27.2 Å². The van der Waals surface area contributed by atoms with Gasteiger partial charge in [0.05, 0.1) is 19.8 Å². The standard InChI is InChI=1S/C13H24O7/c1-6-10(14)8-18-11(15)13(3,4)19-7-9(2)20-12(16)17-5/h9-10,14H,6-8H2,1-5H3. The normalized spacial score (nSPS) is 14.3. The van der Waals surface area contributed by atoms with E-state index in [1.54, 1.807) is 27.7 Å². The van der Waals surface area contributed by atoms with Crippen LogP contribution in [-0.4, -0.2) is 55.4 Å². The van der Waals surface area contributed by atoms with E-state index >= 15 is 0 Å². The van der Waals surface area contributed by atoms with Gasteiger partial charge in [-0.1, -0.05) is 6.92 Å². The lowest BCUT2D eigenvalue weighted by atomic mass is 10.1. The van der Waals surface area contributed by atoms with Gasteiger partial charge in [-0.3, -0.25) is 0 Å². The van der Waals surface area contributed by atoms with Crippen molar-refractivity contribution in [3.63, 3.8) is 0 Å². The second-order valence-electron chi connectivity index (χ2n) is 4.86. The lowest BCUT2D eigenvalue weighted by Crippen LogP contribution is -2.40. The molecule has 0 aliphatic heterocycles. The molecule has 0 radical (unpaired) electrons. The van der Waals surface area contributed by atoms with Crippen molar-refractivity contribution in [2.45, 2.75) is 51.9 Å². The number of carbonyl (C=O) groups excluding carboxylic acids is 2. The van der Waals surface area contributed by atoms with E-state index in [0.29, 0.717) is 6.42 Å². The van der Waals surface area contributed by atoms with Crippen molar-refractivity contribution in [3.8, 4) is 0 Å². The number of aliphatic hydroxyl groups excluding tert-OH is 1. The molecule has 2 unspecified atom stereocenters. The van der Waals surface area contributed by atoms with Gasteiger partial charge in [-0.2, -0.15) is 0 Å². The third kappa shape index (κ3) is 7.30. The first kappa shape index (κ1) is 18.7. The summed E-state index contributed by atoms with van der Waals surface area (Å²) in [5.41, 5.74) is -1.19. The zero-order valence-corrected chi connectivity index (χ0v) is 12.7. The molecule has 0 rings (SSSR count). The van der Waals surface area contributed by atoms with Crippen LogP contribution < -0.4 is 0 Å². The molecule has 20 heavy (non-hydrogen) atoms. The van der Waals surface area contributed by atoms with Crippen molar-refractivity contribution in [2.24, 2.45) is 0 Å². The Kier molecular flexibility index (Phi) is 8.17. The summed E-state index contributed by atoms with van der Waals surface area (Å²) < 4.78 is 19.5. The average Bonchev–Trinajstić information content (AvgIpc) is 2.41. The van der Waals surface area contributed by atoms with Crippen molar-refractivity contribution >= 4 is 12.1 Å². The second-order valence-corrected chi connectivity index (χ2v) is 4.86. The number of aliphatic hydroxyl groups is 1. The van der Waals surface area contributed by atoms with Gasteiger partial charge in [-0.25, -0.2) is 9.59 Å².